The average molecular weight is 409 g/mol. The van der Waals surface area contributed by atoms with Crippen LogP contribution in [0.25, 0.3) is 11.4 Å². The molecule has 1 unspecified atom stereocenters. The van der Waals surface area contributed by atoms with Crippen molar-refractivity contribution in [3.63, 3.8) is 0 Å². The fourth-order valence-corrected chi connectivity index (χ4v) is 4.45. The molecule has 1 N–H and O–H groups in total. The zero-order valence-corrected chi connectivity index (χ0v) is 17.2. The Hall–Kier alpha value is -2.86. The van der Waals surface area contributed by atoms with Gasteiger partial charge in [0.1, 0.15) is 17.6 Å². The minimum absolute atomic E-state index is 0.111. The second kappa shape index (κ2) is 6.32. The third-order valence-corrected chi connectivity index (χ3v) is 5.81. The lowest BCUT2D eigenvalue weighted by molar-refractivity contribution is -0.118. The quantitative estimate of drug-likeness (QED) is 0.634. The van der Waals surface area contributed by atoms with Gasteiger partial charge in [-0.05, 0) is 43.0 Å². The van der Waals surface area contributed by atoms with Gasteiger partial charge in [0.2, 0.25) is 5.95 Å². The van der Waals surface area contributed by atoms with Gasteiger partial charge in [0, 0.05) is 23.3 Å². The zero-order valence-electron chi connectivity index (χ0n) is 16.5. The van der Waals surface area contributed by atoms with E-state index in [2.05, 4.69) is 19.2 Å². The van der Waals surface area contributed by atoms with Gasteiger partial charge in [-0.1, -0.05) is 37.6 Å². The summed E-state index contributed by atoms with van der Waals surface area (Å²) in [5, 5.41) is 8.67. The number of hydrogen-bond acceptors (Lipinski definition) is 5. The maximum Gasteiger partial charge on any atom is 0.227 e. The Balaban J connectivity index is 1.69. The predicted octanol–water partition coefficient (Wildman–Crippen LogP) is 5.16. The molecule has 2 aromatic heterocycles. The van der Waals surface area contributed by atoms with Crippen molar-refractivity contribution in [3.8, 4) is 11.4 Å². The first-order chi connectivity index (χ1) is 13.8. The first-order valence-electron chi connectivity index (χ1n) is 9.63. The van der Waals surface area contributed by atoms with E-state index in [-0.39, 0.29) is 11.2 Å². The van der Waals surface area contributed by atoms with Crippen LogP contribution in [0.15, 0.2) is 52.1 Å². The molecule has 0 radical (unpaired) electrons. The summed E-state index contributed by atoms with van der Waals surface area (Å²) in [5.41, 5.74) is 2.25. The van der Waals surface area contributed by atoms with E-state index in [1.807, 2.05) is 43.3 Å². The third-order valence-electron chi connectivity index (χ3n) is 5.48. The number of carbonyl (C=O) groups excluding carboxylic acids is 1. The molecule has 148 valence electrons. The van der Waals surface area contributed by atoms with Gasteiger partial charge in [-0.3, -0.25) is 4.79 Å². The SMILES string of the molecule is Cc1ccc(C2C3=C(CC(C)(C)CC3=O)Nc3nc(-c4ccccc4Cl)nn32)o1. The van der Waals surface area contributed by atoms with Crippen LogP contribution in [0.4, 0.5) is 5.95 Å². The molecule has 6 nitrogen and oxygen atoms in total. The van der Waals surface area contributed by atoms with Crippen molar-refractivity contribution in [1.29, 1.82) is 0 Å². The molecule has 5 rings (SSSR count). The van der Waals surface area contributed by atoms with Crippen LogP contribution in [-0.2, 0) is 4.79 Å². The Bertz CT molecular complexity index is 1170. The van der Waals surface area contributed by atoms with E-state index in [0.717, 1.165) is 23.4 Å². The van der Waals surface area contributed by atoms with Crippen LogP contribution in [0.3, 0.4) is 0 Å². The lowest BCUT2D eigenvalue weighted by Gasteiger charge is -2.37. The normalized spacial score (nSPS) is 20.3. The molecule has 1 aliphatic carbocycles. The number of Topliss-reactive ketones (excluding diaryl/α,β-unsaturated/α-hetero) is 1. The van der Waals surface area contributed by atoms with Crippen LogP contribution in [0, 0.1) is 12.3 Å². The standard InChI is InChI=1S/C22H21ClN4O2/c1-12-8-9-17(29-12)19-18-15(10-22(2,3)11-16(18)28)24-21-25-20(26-27(19)21)13-6-4-5-7-14(13)23/h4-9,19H,10-11H2,1-3H3,(H,24,25,26). The molecule has 29 heavy (non-hydrogen) atoms. The highest BCUT2D eigenvalue weighted by Crippen LogP contribution is 2.46. The minimum atomic E-state index is -0.442. The molecule has 7 heteroatoms. The molecule has 1 aromatic carbocycles. The Morgan fingerprint density at radius 2 is 2.00 bits per heavy atom. The number of aryl methyl sites for hydroxylation is 1. The van der Waals surface area contributed by atoms with Crippen molar-refractivity contribution >= 4 is 23.3 Å². The van der Waals surface area contributed by atoms with Crippen molar-refractivity contribution in [3.05, 3.63) is 64.2 Å². The summed E-state index contributed by atoms with van der Waals surface area (Å²) in [4.78, 5) is 17.9. The van der Waals surface area contributed by atoms with Crippen LogP contribution in [-0.4, -0.2) is 20.5 Å². The number of ketones is 1. The van der Waals surface area contributed by atoms with Crippen molar-refractivity contribution in [2.45, 2.75) is 39.7 Å². The second-order valence-corrected chi connectivity index (χ2v) is 8.90. The lowest BCUT2D eigenvalue weighted by atomic mass is 9.73. The number of nitrogens with one attached hydrogen (secondary N) is 1. The fourth-order valence-electron chi connectivity index (χ4n) is 4.23. The minimum Gasteiger partial charge on any atom is -0.464 e. The van der Waals surface area contributed by atoms with E-state index in [1.54, 1.807) is 4.68 Å². The third kappa shape index (κ3) is 2.99. The number of rotatable bonds is 2. The lowest BCUT2D eigenvalue weighted by Crippen LogP contribution is -2.36. The molecule has 3 heterocycles. The van der Waals surface area contributed by atoms with Gasteiger partial charge in [-0.25, -0.2) is 4.68 Å². The number of furan rings is 1. The van der Waals surface area contributed by atoms with Crippen LogP contribution in [0.2, 0.25) is 5.02 Å². The smallest absolute Gasteiger partial charge is 0.227 e. The highest BCUT2D eigenvalue weighted by Gasteiger charge is 2.43. The summed E-state index contributed by atoms with van der Waals surface area (Å²) in [6, 6.07) is 10.8. The number of aromatic nitrogens is 3. The summed E-state index contributed by atoms with van der Waals surface area (Å²) in [7, 11) is 0. The van der Waals surface area contributed by atoms with E-state index in [1.165, 1.54) is 0 Å². The largest absolute Gasteiger partial charge is 0.464 e. The molecule has 1 atom stereocenters. The van der Waals surface area contributed by atoms with Gasteiger partial charge in [-0.15, -0.1) is 5.10 Å². The maximum absolute atomic E-state index is 13.2. The number of anilines is 1. The van der Waals surface area contributed by atoms with Gasteiger partial charge < -0.3 is 9.73 Å². The first-order valence-corrected chi connectivity index (χ1v) is 10.0. The molecular formula is C22H21ClN4O2. The summed E-state index contributed by atoms with van der Waals surface area (Å²) >= 11 is 6.37. The number of hydrogen-bond donors (Lipinski definition) is 1. The number of halogens is 1. The number of allylic oxidation sites excluding steroid dienone is 2. The molecule has 1 aliphatic heterocycles. The number of nitrogens with zero attached hydrogens (tertiary/aromatic N) is 3. The maximum atomic E-state index is 13.2. The van der Waals surface area contributed by atoms with Crippen molar-refractivity contribution in [2.24, 2.45) is 5.41 Å². The Kier molecular flexibility index (Phi) is 3.96. The zero-order chi connectivity index (χ0) is 20.3. The molecule has 3 aromatic rings. The van der Waals surface area contributed by atoms with E-state index in [4.69, 9.17) is 26.1 Å². The Morgan fingerprint density at radius 1 is 1.21 bits per heavy atom. The number of benzene rings is 1. The number of fused-ring (bicyclic) bond motifs is 1. The van der Waals surface area contributed by atoms with Gasteiger partial charge in [-0.2, -0.15) is 4.98 Å². The second-order valence-electron chi connectivity index (χ2n) is 8.49. The summed E-state index contributed by atoms with van der Waals surface area (Å²) in [6.45, 7) is 6.11. The molecule has 0 spiro atoms. The van der Waals surface area contributed by atoms with E-state index in [0.29, 0.717) is 34.5 Å². The topological polar surface area (TPSA) is 73.0 Å². The van der Waals surface area contributed by atoms with Crippen LogP contribution >= 0.6 is 11.6 Å². The number of carbonyl (C=O) groups is 1. The molecule has 0 saturated carbocycles. The van der Waals surface area contributed by atoms with Gasteiger partial charge in [0.15, 0.2) is 11.6 Å². The van der Waals surface area contributed by atoms with Crippen LogP contribution < -0.4 is 5.32 Å². The predicted molar refractivity (Wildman–Crippen MR) is 111 cm³/mol. The molecule has 0 fully saturated rings. The average Bonchev–Trinajstić information content (AvgIpc) is 3.25. The summed E-state index contributed by atoms with van der Waals surface area (Å²) in [5.74, 6) is 2.68. The highest BCUT2D eigenvalue weighted by molar-refractivity contribution is 6.33. The molecule has 0 saturated heterocycles. The molecule has 0 amide bonds. The molecular weight excluding hydrogens is 388 g/mol. The van der Waals surface area contributed by atoms with Gasteiger partial charge in [0.25, 0.3) is 0 Å². The van der Waals surface area contributed by atoms with E-state index < -0.39 is 6.04 Å². The van der Waals surface area contributed by atoms with Crippen LogP contribution in [0.5, 0.6) is 0 Å². The van der Waals surface area contributed by atoms with E-state index >= 15 is 0 Å². The van der Waals surface area contributed by atoms with Gasteiger partial charge in [0.05, 0.1) is 5.02 Å². The van der Waals surface area contributed by atoms with Crippen molar-refractivity contribution < 1.29 is 9.21 Å². The molecule has 0 bridgehead atoms. The Morgan fingerprint density at radius 3 is 2.72 bits per heavy atom. The summed E-state index contributed by atoms with van der Waals surface area (Å²) in [6.07, 6.45) is 1.25. The van der Waals surface area contributed by atoms with Crippen molar-refractivity contribution in [1.82, 2.24) is 14.8 Å². The fraction of sp³-hybridized carbons (Fsp3) is 0.318. The summed E-state index contributed by atoms with van der Waals surface area (Å²) < 4.78 is 7.68. The van der Waals surface area contributed by atoms with Gasteiger partial charge >= 0.3 is 0 Å². The van der Waals surface area contributed by atoms with Crippen molar-refractivity contribution in [2.75, 3.05) is 5.32 Å². The first kappa shape index (κ1) is 18.2. The Labute approximate surface area is 173 Å². The molecule has 2 aliphatic rings. The van der Waals surface area contributed by atoms with E-state index in [9.17, 15) is 4.79 Å². The highest BCUT2D eigenvalue weighted by atomic mass is 35.5. The monoisotopic (exact) mass is 408 g/mol. The van der Waals surface area contributed by atoms with Crippen LogP contribution in [0.1, 0.15) is 44.3 Å².